The van der Waals surface area contributed by atoms with Crippen molar-refractivity contribution in [1.29, 1.82) is 0 Å². The van der Waals surface area contributed by atoms with E-state index in [-0.39, 0.29) is 5.82 Å². The van der Waals surface area contributed by atoms with Crippen molar-refractivity contribution in [2.24, 2.45) is 0 Å². The summed E-state index contributed by atoms with van der Waals surface area (Å²) in [7, 11) is 0. The molecule has 2 aromatic rings. The molecule has 1 aromatic heterocycles. The van der Waals surface area contributed by atoms with Crippen molar-refractivity contribution in [1.82, 2.24) is 14.8 Å². The number of nitrogen functional groups attached to an aromatic ring is 1. The SMILES string of the molecule is Nc1cc(F)ccc1-c1nncn1C1CC1. The lowest BCUT2D eigenvalue weighted by atomic mass is 10.1. The average molecular weight is 218 g/mol. The van der Waals surface area contributed by atoms with Crippen molar-refractivity contribution in [3.8, 4) is 11.4 Å². The molecular formula is C11H11FN4. The molecule has 16 heavy (non-hydrogen) atoms. The van der Waals surface area contributed by atoms with E-state index in [1.165, 1.54) is 12.1 Å². The average Bonchev–Trinajstić information content (AvgIpc) is 2.98. The van der Waals surface area contributed by atoms with E-state index in [0.717, 1.165) is 24.2 Å². The molecule has 1 aromatic carbocycles. The Morgan fingerprint density at radius 2 is 2.19 bits per heavy atom. The van der Waals surface area contributed by atoms with Crippen LogP contribution in [0.25, 0.3) is 11.4 Å². The summed E-state index contributed by atoms with van der Waals surface area (Å²) in [6.07, 6.45) is 3.99. The number of nitrogens with two attached hydrogens (primary N) is 1. The molecule has 5 heteroatoms. The van der Waals surface area contributed by atoms with Crippen molar-refractivity contribution in [3.05, 3.63) is 30.3 Å². The molecule has 1 aliphatic carbocycles. The van der Waals surface area contributed by atoms with Gasteiger partial charge in [0.05, 0.1) is 0 Å². The second-order valence-electron chi connectivity index (χ2n) is 4.02. The smallest absolute Gasteiger partial charge is 0.166 e. The van der Waals surface area contributed by atoms with Crippen LogP contribution in [-0.4, -0.2) is 14.8 Å². The molecule has 0 saturated heterocycles. The zero-order valence-electron chi connectivity index (χ0n) is 8.60. The van der Waals surface area contributed by atoms with Crippen LogP contribution in [0.4, 0.5) is 10.1 Å². The summed E-state index contributed by atoms with van der Waals surface area (Å²) in [6, 6.07) is 4.82. The highest BCUT2D eigenvalue weighted by Gasteiger charge is 2.27. The van der Waals surface area contributed by atoms with Crippen LogP contribution in [0, 0.1) is 5.82 Å². The summed E-state index contributed by atoms with van der Waals surface area (Å²) >= 11 is 0. The molecule has 2 N–H and O–H groups in total. The summed E-state index contributed by atoms with van der Waals surface area (Å²) in [5.41, 5.74) is 6.92. The van der Waals surface area contributed by atoms with Gasteiger partial charge in [-0.3, -0.25) is 0 Å². The van der Waals surface area contributed by atoms with E-state index in [1.807, 2.05) is 4.57 Å². The van der Waals surface area contributed by atoms with Gasteiger partial charge in [-0.15, -0.1) is 10.2 Å². The maximum absolute atomic E-state index is 12.9. The van der Waals surface area contributed by atoms with Crippen LogP contribution in [0.15, 0.2) is 24.5 Å². The highest BCUT2D eigenvalue weighted by atomic mass is 19.1. The Balaban J connectivity index is 2.10. The van der Waals surface area contributed by atoms with Gasteiger partial charge < -0.3 is 10.3 Å². The second-order valence-corrected chi connectivity index (χ2v) is 4.02. The molecule has 1 saturated carbocycles. The molecule has 1 aliphatic rings. The first kappa shape index (κ1) is 9.33. The van der Waals surface area contributed by atoms with Gasteiger partial charge in [-0.2, -0.15) is 0 Å². The Morgan fingerprint density at radius 3 is 2.88 bits per heavy atom. The molecule has 0 spiro atoms. The fourth-order valence-electron chi connectivity index (χ4n) is 1.79. The minimum absolute atomic E-state index is 0.335. The molecule has 0 atom stereocenters. The van der Waals surface area contributed by atoms with E-state index in [0.29, 0.717) is 11.7 Å². The Hall–Kier alpha value is -1.91. The molecule has 0 radical (unpaired) electrons. The lowest BCUT2D eigenvalue weighted by Gasteiger charge is -2.07. The van der Waals surface area contributed by atoms with Crippen molar-refractivity contribution in [2.75, 3.05) is 5.73 Å². The van der Waals surface area contributed by atoms with Crippen molar-refractivity contribution in [3.63, 3.8) is 0 Å². The first-order valence-electron chi connectivity index (χ1n) is 5.20. The first-order chi connectivity index (χ1) is 7.75. The van der Waals surface area contributed by atoms with Gasteiger partial charge in [0.2, 0.25) is 0 Å². The van der Waals surface area contributed by atoms with Gasteiger partial charge in [0.1, 0.15) is 12.1 Å². The number of benzene rings is 1. The third-order valence-corrected chi connectivity index (χ3v) is 2.77. The number of anilines is 1. The molecule has 1 fully saturated rings. The quantitative estimate of drug-likeness (QED) is 0.784. The number of nitrogens with zero attached hydrogens (tertiary/aromatic N) is 3. The topological polar surface area (TPSA) is 56.7 Å². The van der Waals surface area contributed by atoms with E-state index >= 15 is 0 Å². The van der Waals surface area contributed by atoms with Gasteiger partial charge in [-0.25, -0.2) is 4.39 Å². The Labute approximate surface area is 91.9 Å². The minimum Gasteiger partial charge on any atom is -0.398 e. The predicted molar refractivity (Wildman–Crippen MR) is 58.1 cm³/mol. The first-order valence-corrected chi connectivity index (χ1v) is 5.20. The van der Waals surface area contributed by atoms with Gasteiger partial charge in [0.15, 0.2) is 5.82 Å². The lowest BCUT2D eigenvalue weighted by molar-refractivity contribution is 0.628. The fourth-order valence-corrected chi connectivity index (χ4v) is 1.79. The van der Waals surface area contributed by atoms with Crippen molar-refractivity contribution >= 4 is 5.69 Å². The van der Waals surface area contributed by atoms with Crippen LogP contribution >= 0.6 is 0 Å². The van der Waals surface area contributed by atoms with Gasteiger partial charge >= 0.3 is 0 Å². The highest BCUT2D eigenvalue weighted by molar-refractivity contribution is 5.71. The Kier molecular flexibility index (Phi) is 1.92. The Morgan fingerprint density at radius 1 is 1.38 bits per heavy atom. The summed E-state index contributed by atoms with van der Waals surface area (Å²) in [4.78, 5) is 0. The molecule has 0 amide bonds. The number of hydrogen-bond acceptors (Lipinski definition) is 3. The third kappa shape index (κ3) is 1.44. The van der Waals surface area contributed by atoms with Crippen LogP contribution in [0.5, 0.6) is 0 Å². The van der Waals surface area contributed by atoms with E-state index < -0.39 is 0 Å². The van der Waals surface area contributed by atoms with Gasteiger partial charge in [-0.1, -0.05) is 0 Å². The molecule has 1 heterocycles. The summed E-state index contributed by atoms with van der Waals surface area (Å²) in [6.45, 7) is 0. The molecular weight excluding hydrogens is 207 g/mol. The molecule has 0 unspecified atom stereocenters. The summed E-state index contributed by atoms with van der Waals surface area (Å²) in [5.74, 6) is 0.388. The molecule has 4 nitrogen and oxygen atoms in total. The van der Waals surface area contributed by atoms with Gasteiger partial charge in [-0.05, 0) is 31.0 Å². The third-order valence-electron chi connectivity index (χ3n) is 2.77. The fraction of sp³-hybridized carbons (Fsp3) is 0.273. The highest BCUT2D eigenvalue weighted by Crippen LogP contribution is 2.38. The normalized spacial score (nSPS) is 15.3. The van der Waals surface area contributed by atoms with Crippen molar-refractivity contribution in [2.45, 2.75) is 18.9 Å². The second kappa shape index (κ2) is 3.30. The predicted octanol–water partition coefficient (Wildman–Crippen LogP) is 2.00. The van der Waals surface area contributed by atoms with E-state index in [1.54, 1.807) is 12.4 Å². The number of hydrogen-bond donors (Lipinski definition) is 1. The number of halogens is 1. The van der Waals surface area contributed by atoms with Crippen LogP contribution < -0.4 is 5.73 Å². The zero-order chi connectivity index (χ0) is 11.1. The van der Waals surface area contributed by atoms with E-state index in [4.69, 9.17) is 5.73 Å². The molecule has 0 bridgehead atoms. The van der Waals surface area contributed by atoms with Crippen LogP contribution in [-0.2, 0) is 0 Å². The summed E-state index contributed by atoms with van der Waals surface area (Å²) < 4.78 is 14.9. The van der Waals surface area contributed by atoms with E-state index in [2.05, 4.69) is 10.2 Å². The summed E-state index contributed by atoms with van der Waals surface area (Å²) in [5, 5.41) is 7.94. The zero-order valence-corrected chi connectivity index (χ0v) is 8.60. The van der Waals surface area contributed by atoms with Crippen LogP contribution in [0.2, 0.25) is 0 Å². The van der Waals surface area contributed by atoms with Crippen LogP contribution in [0.3, 0.4) is 0 Å². The Bertz CT molecular complexity index is 531. The standard InChI is InChI=1S/C11H11FN4/c12-7-1-4-9(10(13)5-7)11-15-14-6-16(11)8-2-3-8/h1,4-6,8H,2-3,13H2. The molecule has 0 aliphatic heterocycles. The largest absolute Gasteiger partial charge is 0.398 e. The van der Waals surface area contributed by atoms with Gasteiger partial charge in [0, 0.05) is 17.3 Å². The van der Waals surface area contributed by atoms with Crippen molar-refractivity contribution < 1.29 is 4.39 Å². The number of aromatic nitrogens is 3. The van der Waals surface area contributed by atoms with E-state index in [9.17, 15) is 4.39 Å². The molecule has 3 rings (SSSR count). The minimum atomic E-state index is -0.335. The maximum atomic E-state index is 12.9. The maximum Gasteiger partial charge on any atom is 0.166 e. The molecule has 82 valence electrons. The van der Waals surface area contributed by atoms with Crippen LogP contribution in [0.1, 0.15) is 18.9 Å². The van der Waals surface area contributed by atoms with Gasteiger partial charge in [0.25, 0.3) is 0 Å². The lowest BCUT2D eigenvalue weighted by Crippen LogP contribution is -1.99. The monoisotopic (exact) mass is 218 g/mol. The number of rotatable bonds is 2.